The number of nitrogens with one attached hydrogen (secondary N) is 1. The van der Waals surface area contributed by atoms with Crippen molar-refractivity contribution in [2.24, 2.45) is 0 Å². The van der Waals surface area contributed by atoms with Gasteiger partial charge in [0.05, 0.1) is 11.1 Å². The number of hydrogen-bond acceptors (Lipinski definition) is 3. The van der Waals surface area contributed by atoms with Crippen molar-refractivity contribution < 1.29 is 22.6 Å². The Balaban J connectivity index is 2.32. The van der Waals surface area contributed by atoms with Gasteiger partial charge in [-0.2, -0.15) is 0 Å². The van der Waals surface area contributed by atoms with E-state index >= 15 is 0 Å². The van der Waals surface area contributed by atoms with Crippen LogP contribution in [-0.4, -0.2) is 26.1 Å². The second kappa shape index (κ2) is 9.27. The molecule has 1 N–H and O–H groups in total. The number of unbranched alkanes of at least 4 members (excludes halogenated alkanes) is 1. The number of ether oxygens (including phenoxy) is 2. The van der Waals surface area contributed by atoms with Crippen molar-refractivity contribution >= 4 is 15.9 Å². The predicted molar refractivity (Wildman–Crippen MR) is 78.3 cm³/mol. The van der Waals surface area contributed by atoms with Crippen LogP contribution in [0.15, 0.2) is 22.7 Å². The van der Waals surface area contributed by atoms with Gasteiger partial charge in [-0.1, -0.05) is 19.4 Å². The molecule has 0 saturated heterocycles. The van der Waals surface area contributed by atoms with E-state index in [4.69, 9.17) is 4.74 Å². The summed E-state index contributed by atoms with van der Waals surface area (Å²) in [6.45, 7) is 4.74. The van der Waals surface area contributed by atoms with Crippen LogP contribution in [0.4, 0.5) is 13.2 Å². The van der Waals surface area contributed by atoms with E-state index in [2.05, 4.69) is 32.9 Å². The Hall–Kier alpha value is -0.790. The van der Waals surface area contributed by atoms with Crippen LogP contribution >= 0.6 is 15.9 Å². The molecule has 7 heteroatoms. The molecule has 3 nitrogen and oxygen atoms in total. The third-order valence-electron chi connectivity index (χ3n) is 2.62. The standard InChI is InChI=1S/C14H19BrF3NO2/c1-2-3-7-20-8-6-19-10-11-4-5-13(12(15)9-11)21-14(16,17)18/h4-5,9,19H,2-3,6-8,10H2,1H3. The zero-order valence-corrected chi connectivity index (χ0v) is 13.4. The fourth-order valence-electron chi connectivity index (χ4n) is 1.59. The molecule has 0 unspecified atom stereocenters. The summed E-state index contributed by atoms with van der Waals surface area (Å²) in [5.74, 6) is -0.242. The van der Waals surface area contributed by atoms with Crippen LogP contribution in [0.1, 0.15) is 25.3 Å². The molecule has 21 heavy (non-hydrogen) atoms. The van der Waals surface area contributed by atoms with Gasteiger partial charge in [-0.15, -0.1) is 13.2 Å². The van der Waals surface area contributed by atoms with Gasteiger partial charge < -0.3 is 14.8 Å². The molecule has 0 aromatic heterocycles. The monoisotopic (exact) mass is 369 g/mol. The molecule has 0 heterocycles. The summed E-state index contributed by atoms with van der Waals surface area (Å²) in [7, 11) is 0. The highest BCUT2D eigenvalue weighted by molar-refractivity contribution is 9.10. The summed E-state index contributed by atoms with van der Waals surface area (Å²) in [6.07, 6.45) is -2.53. The van der Waals surface area contributed by atoms with Crippen molar-refractivity contribution in [1.29, 1.82) is 0 Å². The van der Waals surface area contributed by atoms with Crippen molar-refractivity contribution in [2.75, 3.05) is 19.8 Å². The Morgan fingerprint density at radius 3 is 2.62 bits per heavy atom. The summed E-state index contributed by atoms with van der Waals surface area (Å²) in [4.78, 5) is 0. The van der Waals surface area contributed by atoms with Gasteiger partial charge >= 0.3 is 6.36 Å². The van der Waals surface area contributed by atoms with E-state index in [1.54, 1.807) is 12.1 Å². The lowest BCUT2D eigenvalue weighted by Gasteiger charge is -2.12. The zero-order valence-electron chi connectivity index (χ0n) is 11.8. The Bertz CT molecular complexity index is 427. The molecule has 0 amide bonds. The second-order valence-electron chi connectivity index (χ2n) is 4.46. The van der Waals surface area contributed by atoms with Gasteiger partial charge in [0.1, 0.15) is 5.75 Å². The maximum Gasteiger partial charge on any atom is 0.573 e. The van der Waals surface area contributed by atoms with Crippen LogP contribution in [0.3, 0.4) is 0 Å². The molecule has 0 aliphatic rings. The molecule has 0 radical (unpaired) electrons. The fraction of sp³-hybridized carbons (Fsp3) is 0.571. The first-order chi connectivity index (χ1) is 9.92. The summed E-state index contributed by atoms with van der Waals surface area (Å²) in [6, 6.07) is 4.50. The summed E-state index contributed by atoms with van der Waals surface area (Å²) in [5, 5.41) is 3.16. The molecule has 0 aliphatic carbocycles. The third-order valence-corrected chi connectivity index (χ3v) is 3.24. The van der Waals surface area contributed by atoms with E-state index in [-0.39, 0.29) is 10.2 Å². The van der Waals surface area contributed by atoms with Crippen molar-refractivity contribution in [1.82, 2.24) is 5.32 Å². The van der Waals surface area contributed by atoms with Crippen molar-refractivity contribution in [3.8, 4) is 5.75 Å². The maximum absolute atomic E-state index is 12.1. The minimum Gasteiger partial charge on any atom is -0.405 e. The van der Waals surface area contributed by atoms with Gasteiger partial charge in [0, 0.05) is 19.7 Å². The first-order valence-corrected chi connectivity index (χ1v) is 7.54. The molecule has 0 atom stereocenters. The summed E-state index contributed by atoms with van der Waals surface area (Å²) in [5.41, 5.74) is 0.866. The molecular formula is C14H19BrF3NO2. The smallest absolute Gasteiger partial charge is 0.405 e. The number of rotatable bonds is 9. The summed E-state index contributed by atoms with van der Waals surface area (Å²) < 4.78 is 45.9. The van der Waals surface area contributed by atoms with Crippen molar-refractivity contribution in [2.45, 2.75) is 32.7 Å². The van der Waals surface area contributed by atoms with E-state index < -0.39 is 6.36 Å². The number of benzene rings is 1. The van der Waals surface area contributed by atoms with Gasteiger partial charge in [-0.25, -0.2) is 0 Å². The summed E-state index contributed by atoms with van der Waals surface area (Å²) >= 11 is 3.07. The third kappa shape index (κ3) is 8.28. The Morgan fingerprint density at radius 1 is 1.24 bits per heavy atom. The van der Waals surface area contributed by atoms with Crippen LogP contribution in [0.5, 0.6) is 5.75 Å². The number of hydrogen-bond donors (Lipinski definition) is 1. The first-order valence-electron chi connectivity index (χ1n) is 6.75. The largest absolute Gasteiger partial charge is 0.573 e. The molecular weight excluding hydrogens is 351 g/mol. The van der Waals surface area contributed by atoms with E-state index in [1.165, 1.54) is 6.07 Å². The number of alkyl halides is 3. The van der Waals surface area contributed by atoms with E-state index in [1.807, 2.05) is 0 Å². The second-order valence-corrected chi connectivity index (χ2v) is 5.31. The highest BCUT2D eigenvalue weighted by Gasteiger charge is 2.31. The molecule has 0 aliphatic heterocycles. The van der Waals surface area contributed by atoms with Crippen LogP contribution < -0.4 is 10.1 Å². The lowest BCUT2D eigenvalue weighted by molar-refractivity contribution is -0.274. The van der Waals surface area contributed by atoms with Crippen molar-refractivity contribution in [3.05, 3.63) is 28.2 Å². The van der Waals surface area contributed by atoms with Crippen LogP contribution in [-0.2, 0) is 11.3 Å². The highest BCUT2D eigenvalue weighted by Crippen LogP contribution is 2.30. The lowest BCUT2D eigenvalue weighted by atomic mass is 10.2. The van der Waals surface area contributed by atoms with Crippen molar-refractivity contribution in [3.63, 3.8) is 0 Å². The molecule has 1 aromatic carbocycles. The first kappa shape index (κ1) is 18.3. The van der Waals surface area contributed by atoms with Gasteiger partial charge in [0.15, 0.2) is 0 Å². The zero-order chi connectivity index (χ0) is 15.7. The molecule has 0 saturated carbocycles. The maximum atomic E-state index is 12.1. The molecule has 1 aromatic rings. The Kier molecular flexibility index (Phi) is 8.06. The topological polar surface area (TPSA) is 30.5 Å². The van der Waals surface area contributed by atoms with Gasteiger partial charge in [0.2, 0.25) is 0 Å². The minimum absolute atomic E-state index is 0.242. The van der Waals surface area contributed by atoms with Crippen LogP contribution in [0.25, 0.3) is 0 Å². The van der Waals surface area contributed by atoms with Crippen LogP contribution in [0, 0.1) is 0 Å². The van der Waals surface area contributed by atoms with E-state index in [0.717, 1.165) is 25.0 Å². The highest BCUT2D eigenvalue weighted by atomic mass is 79.9. The average molecular weight is 370 g/mol. The molecule has 0 fully saturated rings. The van der Waals surface area contributed by atoms with E-state index in [9.17, 15) is 13.2 Å². The lowest BCUT2D eigenvalue weighted by Crippen LogP contribution is -2.20. The number of halogens is 4. The predicted octanol–water partition coefficient (Wildman–Crippen LogP) is 4.25. The normalized spacial score (nSPS) is 11.7. The van der Waals surface area contributed by atoms with E-state index in [0.29, 0.717) is 19.7 Å². The fourth-order valence-corrected chi connectivity index (χ4v) is 2.09. The van der Waals surface area contributed by atoms with Gasteiger partial charge in [0.25, 0.3) is 0 Å². The molecule has 0 bridgehead atoms. The molecule has 0 spiro atoms. The molecule has 1 rings (SSSR count). The minimum atomic E-state index is -4.68. The Labute approximate surface area is 130 Å². The van der Waals surface area contributed by atoms with Gasteiger partial charge in [-0.3, -0.25) is 0 Å². The van der Waals surface area contributed by atoms with Crippen LogP contribution in [0.2, 0.25) is 0 Å². The quantitative estimate of drug-likeness (QED) is 0.660. The van der Waals surface area contributed by atoms with Gasteiger partial charge in [-0.05, 0) is 40.0 Å². The average Bonchev–Trinajstić information content (AvgIpc) is 2.39. The molecule has 120 valence electrons. The SMILES string of the molecule is CCCCOCCNCc1ccc(OC(F)(F)F)c(Br)c1. The Morgan fingerprint density at radius 2 is 2.00 bits per heavy atom.